The van der Waals surface area contributed by atoms with Crippen molar-refractivity contribution in [3.63, 3.8) is 0 Å². The fourth-order valence-electron chi connectivity index (χ4n) is 3.77. The molecule has 2 heterocycles. The summed E-state index contributed by atoms with van der Waals surface area (Å²) in [6, 6.07) is 5.99. The van der Waals surface area contributed by atoms with Gasteiger partial charge >= 0.3 is 0 Å². The van der Waals surface area contributed by atoms with Crippen molar-refractivity contribution in [2.45, 2.75) is 31.4 Å². The Hall–Kier alpha value is -1.54. The predicted octanol–water partition coefficient (Wildman–Crippen LogP) is 1.56. The van der Waals surface area contributed by atoms with E-state index in [9.17, 15) is 9.18 Å². The van der Waals surface area contributed by atoms with Crippen LogP contribution in [0.4, 0.5) is 4.39 Å². The number of nitrogens with zero attached hydrogens (tertiary/aromatic N) is 2. The quantitative estimate of drug-likeness (QED) is 0.728. The summed E-state index contributed by atoms with van der Waals surface area (Å²) in [7, 11) is 0. The monoisotopic (exact) mass is 379 g/mol. The van der Waals surface area contributed by atoms with Crippen molar-refractivity contribution < 1.29 is 18.7 Å². The molecule has 2 aliphatic heterocycles. The lowest BCUT2D eigenvalue weighted by atomic mass is 10.00. The molecule has 150 valence electrons. The van der Waals surface area contributed by atoms with Crippen LogP contribution in [0.5, 0.6) is 0 Å². The van der Waals surface area contributed by atoms with E-state index in [1.54, 1.807) is 18.2 Å². The largest absolute Gasteiger partial charge is 0.379 e. The molecule has 1 aromatic carbocycles. The molecule has 0 spiro atoms. The Morgan fingerprint density at radius 1 is 1.22 bits per heavy atom. The zero-order valence-corrected chi connectivity index (χ0v) is 15.8. The number of ether oxygens (including phenoxy) is 2. The summed E-state index contributed by atoms with van der Waals surface area (Å²) in [4.78, 5) is 17.2. The van der Waals surface area contributed by atoms with E-state index >= 15 is 0 Å². The van der Waals surface area contributed by atoms with Crippen molar-refractivity contribution in [1.82, 2.24) is 9.80 Å². The van der Waals surface area contributed by atoms with Crippen LogP contribution in [-0.4, -0.2) is 74.4 Å². The van der Waals surface area contributed by atoms with Crippen LogP contribution in [0.15, 0.2) is 24.3 Å². The maximum atomic E-state index is 14.5. The second-order valence-electron chi connectivity index (χ2n) is 7.11. The van der Waals surface area contributed by atoms with Crippen LogP contribution in [0.1, 0.15) is 30.9 Å². The first-order valence-electron chi connectivity index (χ1n) is 9.87. The third-order valence-corrected chi connectivity index (χ3v) is 5.30. The van der Waals surface area contributed by atoms with Crippen molar-refractivity contribution >= 4 is 5.91 Å². The van der Waals surface area contributed by atoms with Crippen LogP contribution in [0.2, 0.25) is 0 Å². The molecule has 0 unspecified atom stereocenters. The van der Waals surface area contributed by atoms with Gasteiger partial charge in [-0.2, -0.15) is 0 Å². The topological polar surface area (TPSA) is 68.0 Å². The van der Waals surface area contributed by atoms with Gasteiger partial charge in [0.25, 0.3) is 0 Å². The van der Waals surface area contributed by atoms with Crippen molar-refractivity contribution in [2.24, 2.45) is 5.73 Å². The standard InChI is InChI=1S/C20H30FN3O3/c21-18-5-2-1-4-17(18)19(23-11-14-26-15-12-23)20(25)24-9-6-16(7-10-24)27-13-3-8-22/h1-2,4-5,16,19H,3,6-15,22H2/t19-/m1/s1. The first kappa shape index (κ1) is 20.2. The molecule has 2 saturated heterocycles. The number of hydrogen-bond acceptors (Lipinski definition) is 5. The molecule has 0 aromatic heterocycles. The number of carbonyl (C=O) groups is 1. The summed E-state index contributed by atoms with van der Waals surface area (Å²) in [5.41, 5.74) is 5.95. The zero-order chi connectivity index (χ0) is 19.1. The van der Waals surface area contributed by atoms with Gasteiger partial charge in [-0.1, -0.05) is 18.2 Å². The van der Waals surface area contributed by atoms with E-state index in [0.717, 1.165) is 19.3 Å². The average Bonchev–Trinajstić information content (AvgIpc) is 2.71. The number of halogens is 1. The van der Waals surface area contributed by atoms with Crippen molar-refractivity contribution in [1.29, 1.82) is 0 Å². The summed E-state index contributed by atoms with van der Waals surface area (Å²) in [5.74, 6) is -0.357. The van der Waals surface area contributed by atoms with E-state index in [1.165, 1.54) is 6.07 Å². The molecule has 7 heteroatoms. The van der Waals surface area contributed by atoms with Gasteiger partial charge in [0.1, 0.15) is 11.9 Å². The molecule has 0 saturated carbocycles. The maximum absolute atomic E-state index is 14.5. The Balaban J connectivity index is 1.68. The highest BCUT2D eigenvalue weighted by Gasteiger charge is 2.35. The molecule has 6 nitrogen and oxygen atoms in total. The number of benzene rings is 1. The number of likely N-dealkylation sites (tertiary alicyclic amines) is 1. The summed E-state index contributed by atoms with van der Waals surface area (Å²) >= 11 is 0. The van der Waals surface area contributed by atoms with Gasteiger partial charge in [-0.05, 0) is 31.9 Å². The van der Waals surface area contributed by atoms with Gasteiger partial charge in [0.2, 0.25) is 5.91 Å². The summed E-state index contributed by atoms with van der Waals surface area (Å²) in [5, 5.41) is 0. The van der Waals surface area contributed by atoms with Gasteiger partial charge in [0, 0.05) is 38.3 Å². The van der Waals surface area contributed by atoms with Gasteiger partial charge in [-0.15, -0.1) is 0 Å². The molecular formula is C20H30FN3O3. The van der Waals surface area contributed by atoms with Crippen LogP contribution < -0.4 is 5.73 Å². The molecule has 2 N–H and O–H groups in total. The molecule has 0 radical (unpaired) electrons. The van der Waals surface area contributed by atoms with E-state index in [-0.39, 0.29) is 17.8 Å². The highest BCUT2D eigenvalue weighted by atomic mass is 19.1. The number of piperidine rings is 1. The minimum absolute atomic E-state index is 0.0255. The number of amides is 1. The van der Waals surface area contributed by atoms with Crippen molar-refractivity contribution in [3.8, 4) is 0 Å². The fraction of sp³-hybridized carbons (Fsp3) is 0.650. The maximum Gasteiger partial charge on any atom is 0.244 e. The van der Waals surface area contributed by atoms with Gasteiger partial charge < -0.3 is 20.1 Å². The SMILES string of the molecule is NCCCOC1CCN(C(=O)[C@@H](c2ccccc2F)N2CCOCC2)CC1. The average molecular weight is 379 g/mol. The number of morpholine rings is 1. The Morgan fingerprint density at radius 2 is 1.93 bits per heavy atom. The lowest BCUT2D eigenvalue weighted by molar-refractivity contribution is -0.142. The molecule has 2 fully saturated rings. The van der Waals surface area contributed by atoms with Crippen molar-refractivity contribution in [2.75, 3.05) is 52.5 Å². The number of carbonyl (C=O) groups excluding carboxylic acids is 1. The number of hydrogen-bond donors (Lipinski definition) is 1. The van der Waals surface area contributed by atoms with Gasteiger partial charge in [-0.3, -0.25) is 9.69 Å². The zero-order valence-electron chi connectivity index (χ0n) is 15.8. The highest BCUT2D eigenvalue weighted by Crippen LogP contribution is 2.28. The fourth-order valence-corrected chi connectivity index (χ4v) is 3.77. The normalized spacial score (nSPS) is 20.6. The predicted molar refractivity (Wildman–Crippen MR) is 101 cm³/mol. The second kappa shape index (κ2) is 10.1. The number of nitrogens with two attached hydrogens (primary N) is 1. The highest BCUT2D eigenvalue weighted by molar-refractivity contribution is 5.83. The first-order valence-corrected chi connectivity index (χ1v) is 9.87. The van der Waals surface area contributed by atoms with Crippen LogP contribution >= 0.6 is 0 Å². The molecule has 2 aliphatic rings. The lowest BCUT2D eigenvalue weighted by Gasteiger charge is -2.39. The Bertz CT molecular complexity index is 602. The minimum Gasteiger partial charge on any atom is -0.379 e. The van der Waals surface area contributed by atoms with E-state index in [1.807, 2.05) is 9.80 Å². The summed E-state index contributed by atoms with van der Waals surface area (Å²) in [6.07, 6.45) is 2.65. The second-order valence-corrected chi connectivity index (χ2v) is 7.11. The molecule has 27 heavy (non-hydrogen) atoms. The van der Waals surface area contributed by atoms with Crippen LogP contribution in [-0.2, 0) is 14.3 Å². The molecular weight excluding hydrogens is 349 g/mol. The van der Waals surface area contributed by atoms with Crippen LogP contribution in [0, 0.1) is 5.82 Å². The molecule has 0 aliphatic carbocycles. The third kappa shape index (κ3) is 5.25. The smallest absolute Gasteiger partial charge is 0.244 e. The molecule has 0 bridgehead atoms. The first-order chi connectivity index (χ1) is 13.2. The van der Waals surface area contributed by atoms with E-state index in [0.29, 0.717) is 58.1 Å². The minimum atomic E-state index is -0.593. The Morgan fingerprint density at radius 3 is 2.59 bits per heavy atom. The van der Waals surface area contributed by atoms with E-state index in [2.05, 4.69) is 0 Å². The Labute approximate surface area is 160 Å². The summed E-state index contributed by atoms with van der Waals surface area (Å²) in [6.45, 7) is 4.96. The van der Waals surface area contributed by atoms with E-state index < -0.39 is 6.04 Å². The molecule has 3 rings (SSSR count). The van der Waals surface area contributed by atoms with Gasteiger partial charge in [0.05, 0.1) is 19.3 Å². The molecule has 1 aromatic rings. The van der Waals surface area contributed by atoms with Crippen molar-refractivity contribution in [3.05, 3.63) is 35.6 Å². The van der Waals surface area contributed by atoms with Gasteiger partial charge in [-0.25, -0.2) is 4.39 Å². The van der Waals surface area contributed by atoms with Gasteiger partial charge in [0.15, 0.2) is 0 Å². The lowest BCUT2D eigenvalue weighted by Crippen LogP contribution is -2.50. The van der Waals surface area contributed by atoms with E-state index in [4.69, 9.17) is 15.2 Å². The van der Waals surface area contributed by atoms with Crippen LogP contribution in [0.3, 0.4) is 0 Å². The third-order valence-electron chi connectivity index (χ3n) is 5.30. The summed E-state index contributed by atoms with van der Waals surface area (Å²) < 4.78 is 25.7. The van der Waals surface area contributed by atoms with Crippen LogP contribution in [0.25, 0.3) is 0 Å². The Kier molecular flexibility index (Phi) is 7.58. The molecule has 1 amide bonds. The molecule has 1 atom stereocenters. The number of rotatable bonds is 7.